The van der Waals surface area contributed by atoms with E-state index in [1.807, 2.05) is 0 Å². The van der Waals surface area contributed by atoms with Gasteiger partial charge in [0.1, 0.15) is 0 Å². The Labute approximate surface area is 244 Å². The first-order chi connectivity index (χ1) is 20.1. The second-order valence-electron chi connectivity index (χ2n) is 14.9. The van der Waals surface area contributed by atoms with Gasteiger partial charge < -0.3 is 0 Å². The summed E-state index contributed by atoms with van der Waals surface area (Å²) in [5.74, 6) is 0. The van der Waals surface area contributed by atoms with Crippen LogP contribution in [0.3, 0.4) is 0 Å². The van der Waals surface area contributed by atoms with Crippen molar-refractivity contribution in [1.29, 1.82) is 0 Å². The fourth-order valence-corrected chi connectivity index (χ4v) is 8.46. The SMILES string of the molecule is CC(C)(C)c1cc2c3cccc4ccc5c6cc(C(C)(C)C)cc7c8cccc9ccc%10c(c1)c2c(c5c43)c(c76)c%10c98. The van der Waals surface area contributed by atoms with Crippen LogP contribution in [0, 0.1) is 0 Å². The molecule has 10 aromatic rings. The zero-order valence-corrected chi connectivity index (χ0v) is 25.1. The molecular formula is C42H32. The van der Waals surface area contributed by atoms with Crippen molar-refractivity contribution < 1.29 is 0 Å². The van der Waals surface area contributed by atoms with Crippen molar-refractivity contribution in [2.75, 3.05) is 0 Å². The Kier molecular flexibility index (Phi) is 3.84. The number of hydrogen-bond acceptors (Lipinski definition) is 0. The maximum absolute atomic E-state index is 2.52. The molecule has 0 saturated heterocycles. The molecule has 0 amide bonds. The van der Waals surface area contributed by atoms with Gasteiger partial charge in [-0.3, -0.25) is 0 Å². The molecule has 0 heteroatoms. The van der Waals surface area contributed by atoms with Gasteiger partial charge in [0, 0.05) is 0 Å². The third kappa shape index (κ3) is 2.53. The van der Waals surface area contributed by atoms with Crippen molar-refractivity contribution in [3.63, 3.8) is 0 Å². The fourth-order valence-electron chi connectivity index (χ4n) is 8.46. The Morgan fingerprint density at radius 1 is 0.310 bits per heavy atom. The van der Waals surface area contributed by atoms with Gasteiger partial charge in [0.15, 0.2) is 0 Å². The van der Waals surface area contributed by atoms with Gasteiger partial charge in [0.25, 0.3) is 0 Å². The van der Waals surface area contributed by atoms with E-state index in [1.165, 1.54) is 108 Å². The minimum absolute atomic E-state index is 0.0468. The summed E-state index contributed by atoms with van der Waals surface area (Å²) < 4.78 is 0. The quantitative estimate of drug-likeness (QED) is 0.134. The molecule has 10 aromatic carbocycles. The molecule has 0 N–H and O–H groups in total. The van der Waals surface area contributed by atoms with Gasteiger partial charge in [-0.2, -0.15) is 0 Å². The summed E-state index contributed by atoms with van der Waals surface area (Å²) in [5.41, 5.74) is 2.90. The lowest BCUT2D eigenvalue weighted by Gasteiger charge is -2.28. The Balaban J connectivity index is 1.68. The van der Waals surface area contributed by atoms with Crippen LogP contribution in [-0.2, 0) is 10.8 Å². The van der Waals surface area contributed by atoms with Crippen LogP contribution in [0.1, 0.15) is 52.7 Å². The molecule has 10 rings (SSSR count). The molecular weight excluding hydrogens is 504 g/mol. The Hall–Kier alpha value is -4.42. The summed E-state index contributed by atoms with van der Waals surface area (Å²) >= 11 is 0. The van der Waals surface area contributed by atoms with E-state index < -0.39 is 0 Å². The predicted molar refractivity (Wildman–Crippen MR) is 186 cm³/mol. The average Bonchev–Trinajstić information content (AvgIpc) is 2.97. The topological polar surface area (TPSA) is 0 Å². The van der Waals surface area contributed by atoms with E-state index in [4.69, 9.17) is 0 Å². The first-order valence-electron chi connectivity index (χ1n) is 15.4. The van der Waals surface area contributed by atoms with Crippen molar-refractivity contribution in [2.24, 2.45) is 0 Å². The van der Waals surface area contributed by atoms with Gasteiger partial charge in [0.05, 0.1) is 0 Å². The molecule has 0 aliphatic carbocycles. The largest absolute Gasteiger partial charge is 0.0610 e. The average molecular weight is 537 g/mol. The molecule has 0 aliphatic heterocycles. The van der Waals surface area contributed by atoms with Gasteiger partial charge in [-0.1, -0.05) is 102 Å². The molecule has 0 saturated carbocycles. The van der Waals surface area contributed by atoms with Crippen LogP contribution in [0.15, 0.2) is 84.9 Å². The molecule has 0 fully saturated rings. The van der Waals surface area contributed by atoms with E-state index in [2.05, 4.69) is 126 Å². The van der Waals surface area contributed by atoms with Gasteiger partial charge in [-0.05, 0) is 143 Å². The summed E-state index contributed by atoms with van der Waals surface area (Å²) in [5, 5.41) is 25.4. The van der Waals surface area contributed by atoms with Crippen LogP contribution in [0.4, 0.5) is 0 Å². The van der Waals surface area contributed by atoms with Crippen LogP contribution in [0.5, 0.6) is 0 Å². The standard InChI is InChI=1S/C42H32/c1-41(2,3)23-17-29-25-11-7-9-21-14-16-28-32-20-24(42(4,5)6)18-30-26-12-8-10-22-13-15-27-31(19-23)35(29)39(38(28)33(21)25)40(36(30)32)37(27)34(22)26/h7-20H,1-6H3. The molecule has 0 bridgehead atoms. The number of fused-ring (bicyclic) bond motifs is 4. The lowest BCUT2D eigenvalue weighted by Crippen LogP contribution is -2.11. The summed E-state index contributed by atoms with van der Waals surface area (Å²) in [6, 6.07) is 33.5. The Morgan fingerprint density at radius 2 is 0.667 bits per heavy atom. The normalized spacial score (nSPS) is 14.0. The van der Waals surface area contributed by atoms with E-state index in [1.54, 1.807) is 0 Å². The second kappa shape index (κ2) is 6.96. The van der Waals surface area contributed by atoms with Crippen LogP contribution in [0.25, 0.3) is 97.0 Å². The highest BCUT2D eigenvalue weighted by molar-refractivity contribution is 6.54. The van der Waals surface area contributed by atoms with Crippen LogP contribution in [-0.4, -0.2) is 0 Å². The van der Waals surface area contributed by atoms with E-state index >= 15 is 0 Å². The van der Waals surface area contributed by atoms with Crippen molar-refractivity contribution in [3.05, 3.63) is 96.1 Å². The van der Waals surface area contributed by atoms with E-state index in [9.17, 15) is 0 Å². The molecule has 0 nitrogen and oxygen atoms in total. The first-order valence-corrected chi connectivity index (χ1v) is 15.4. The van der Waals surface area contributed by atoms with Gasteiger partial charge in [-0.15, -0.1) is 0 Å². The maximum atomic E-state index is 2.52. The fraction of sp³-hybridized carbons (Fsp3) is 0.190. The third-order valence-electron chi connectivity index (χ3n) is 10.5. The smallest absolute Gasteiger partial charge is 0.0000710 e. The molecule has 0 heterocycles. The molecule has 42 heavy (non-hydrogen) atoms. The van der Waals surface area contributed by atoms with E-state index in [0.29, 0.717) is 0 Å². The van der Waals surface area contributed by atoms with E-state index in [0.717, 1.165) is 0 Å². The highest BCUT2D eigenvalue weighted by Crippen LogP contribution is 2.55. The highest BCUT2D eigenvalue weighted by atomic mass is 14.3. The summed E-state index contributed by atoms with van der Waals surface area (Å²) in [4.78, 5) is 0. The third-order valence-corrected chi connectivity index (χ3v) is 10.5. The predicted octanol–water partition coefficient (Wildman–Crippen LogP) is 12.4. The number of benzene rings is 10. The number of hydrogen-bond donors (Lipinski definition) is 0. The van der Waals surface area contributed by atoms with Crippen molar-refractivity contribution in [3.8, 4) is 0 Å². The zero-order valence-electron chi connectivity index (χ0n) is 25.1. The lowest BCUT2D eigenvalue weighted by atomic mass is 9.74. The molecule has 0 aromatic heterocycles. The molecule has 0 unspecified atom stereocenters. The zero-order chi connectivity index (χ0) is 28.4. The van der Waals surface area contributed by atoms with Gasteiger partial charge >= 0.3 is 0 Å². The summed E-state index contributed by atoms with van der Waals surface area (Å²) in [6.07, 6.45) is 0. The second-order valence-corrected chi connectivity index (χ2v) is 14.9. The van der Waals surface area contributed by atoms with Crippen molar-refractivity contribution in [1.82, 2.24) is 0 Å². The first kappa shape index (κ1) is 23.2. The van der Waals surface area contributed by atoms with E-state index in [-0.39, 0.29) is 10.8 Å². The number of rotatable bonds is 0. The molecule has 200 valence electrons. The lowest BCUT2D eigenvalue weighted by molar-refractivity contribution is 0.591. The van der Waals surface area contributed by atoms with Crippen LogP contribution < -0.4 is 0 Å². The van der Waals surface area contributed by atoms with Gasteiger partial charge in [0.2, 0.25) is 0 Å². The monoisotopic (exact) mass is 536 g/mol. The molecule has 0 aliphatic rings. The van der Waals surface area contributed by atoms with Gasteiger partial charge in [-0.25, -0.2) is 0 Å². The van der Waals surface area contributed by atoms with Crippen LogP contribution >= 0.6 is 0 Å². The van der Waals surface area contributed by atoms with Crippen molar-refractivity contribution >= 4 is 97.0 Å². The Bertz CT molecular complexity index is 2530. The molecule has 0 radical (unpaired) electrons. The highest BCUT2D eigenvalue weighted by Gasteiger charge is 2.28. The maximum Gasteiger partial charge on any atom is -0.0000710 e. The minimum atomic E-state index is 0.0468. The molecule has 0 spiro atoms. The summed E-state index contributed by atoms with van der Waals surface area (Å²) in [6.45, 7) is 14.1. The Morgan fingerprint density at radius 3 is 1.02 bits per heavy atom. The molecule has 0 atom stereocenters. The van der Waals surface area contributed by atoms with Crippen LogP contribution in [0.2, 0.25) is 0 Å². The summed E-state index contributed by atoms with van der Waals surface area (Å²) in [7, 11) is 0. The minimum Gasteiger partial charge on any atom is -0.0610 e. The van der Waals surface area contributed by atoms with Crippen molar-refractivity contribution in [2.45, 2.75) is 52.4 Å².